The molecule has 5 rings (SSSR count). The van der Waals surface area contributed by atoms with Gasteiger partial charge in [0.15, 0.2) is 11.5 Å². The van der Waals surface area contributed by atoms with Crippen molar-refractivity contribution in [3.05, 3.63) is 47.5 Å². The average Bonchev–Trinajstić information content (AvgIpc) is 3.43. The van der Waals surface area contributed by atoms with Crippen LogP contribution < -0.4 is 9.47 Å². The van der Waals surface area contributed by atoms with E-state index in [0.717, 1.165) is 67.8 Å². The lowest BCUT2D eigenvalue weighted by atomic mass is 9.87. The normalized spacial score (nSPS) is 18.3. The number of hydrogen-bond acceptors (Lipinski definition) is 5. The fraction of sp³-hybridized carbons (Fsp3) is 0.556. The molecule has 2 saturated heterocycles. The zero-order chi connectivity index (χ0) is 31.5. The number of amides is 2. The molecule has 0 radical (unpaired) electrons. The van der Waals surface area contributed by atoms with E-state index >= 15 is 0 Å². The van der Waals surface area contributed by atoms with E-state index in [0.29, 0.717) is 30.7 Å². The number of H-pyrrole nitrogens is 1. The molecule has 44 heavy (non-hydrogen) atoms. The van der Waals surface area contributed by atoms with Gasteiger partial charge in [0.25, 0.3) is 0 Å². The van der Waals surface area contributed by atoms with Crippen LogP contribution in [0.5, 0.6) is 11.5 Å². The molecule has 1 atom stereocenters. The maximum Gasteiger partial charge on any atom is 0.236 e. The number of methoxy groups -OCH3 is 2. The van der Waals surface area contributed by atoms with Gasteiger partial charge in [-0.1, -0.05) is 19.9 Å². The first-order chi connectivity index (χ1) is 21.1. The predicted octanol–water partition coefficient (Wildman–Crippen LogP) is 6.26. The number of nitrogens with zero attached hydrogens (tertiary/aromatic N) is 3. The van der Waals surface area contributed by atoms with Gasteiger partial charge < -0.3 is 24.3 Å². The monoisotopic (exact) mass is 602 g/mol. The van der Waals surface area contributed by atoms with E-state index in [1.807, 2.05) is 42.8 Å². The molecule has 8 heteroatoms. The Labute approximate surface area is 262 Å². The van der Waals surface area contributed by atoms with Crippen LogP contribution in [0, 0.1) is 5.92 Å². The molecule has 238 valence electrons. The molecule has 1 N–H and O–H groups in total. The molecule has 0 aliphatic carbocycles. The van der Waals surface area contributed by atoms with Gasteiger partial charge in [0.1, 0.15) is 0 Å². The van der Waals surface area contributed by atoms with Crippen LogP contribution in [-0.2, 0) is 9.59 Å². The van der Waals surface area contributed by atoms with Gasteiger partial charge in [-0.2, -0.15) is 0 Å². The first-order valence-electron chi connectivity index (χ1n) is 16.3. The Morgan fingerprint density at radius 3 is 2.34 bits per heavy atom. The molecular formula is C36H50N4O4. The Hall–Kier alpha value is -3.52. The Morgan fingerprint density at radius 2 is 1.68 bits per heavy atom. The second-order valence-electron chi connectivity index (χ2n) is 13.2. The minimum atomic E-state index is -0.0129. The van der Waals surface area contributed by atoms with Crippen LogP contribution in [0.2, 0.25) is 0 Å². The summed E-state index contributed by atoms with van der Waals surface area (Å²) in [7, 11) is 5.21. The van der Waals surface area contributed by atoms with E-state index in [4.69, 9.17) is 9.47 Å². The number of carbonyl (C=O) groups excluding carboxylic acids is 2. The molecule has 0 bridgehead atoms. The van der Waals surface area contributed by atoms with E-state index in [2.05, 4.69) is 48.0 Å². The van der Waals surface area contributed by atoms with Crippen LogP contribution in [0.15, 0.2) is 36.4 Å². The minimum absolute atomic E-state index is 0.0129. The van der Waals surface area contributed by atoms with E-state index < -0.39 is 0 Å². The summed E-state index contributed by atoms with van der Waals surface area (Å²) in [5.41, 5.74) is 5.97. The van der Waals surface area contributed by atoms with Crippen molar-refractivity contribution in [1.29, 1.82) is 0 Å². The predicted molar refractivity (Wildman–Crippen MR) is 177 cm³/mol. The van der Waals surface area contributed by atoms with Gasteiger partial charge in [0, 0.05) is 49.2 Å². The van der Waals surface area contributed by atoms with Gasteiger partial charge in [-0.15, -0.1) is 0 Å². The van der Waals surface area contributed by atoms with Crippen molar-refractivity contribution < 1.29 is 19.1 Å². The summed E-state index contributed by atoms with van der Waals surface area (Å²) in [5.74, 6) is 2.57. The number of aromatic amines is 1. The van der Waals surface area contributed by atoms with Crippen molar-refractivity contribution >= 4 is 22.7 Å². The lowest BCUT2D eigenvalue weighted by Crippen LogP contribution is -2.49. The molecule has 3 aromatic rings. The fourth-order valence-corrected chi connectivity index (χ4v) is 7.00. The second kappa shape index (κ2) is 13.6. The lowest BCUT2D eigenvalue weighted by molar-refractivity contribution is -0.140. The first-order valence-corrected chi connectivity index (χ1v) is 16.3. The number of aromatic nitrogens is 1. The van der Waals surface area contributed by atoms with Crippen LogP contribution in [0.1, 0.15) is 76.3 Å². The molecule has 1 aromatic heterocycles. The van der Waals surface area contributed by atoms with Crippen molar-refractivity contribution in [3.8, 4) is 22.8 Å². The summed E-state index contributed by atoms with van der Waals surface area (Å²) < 4.78 is 11.0. The summed E-state index contributed by atoms with van der Waals surface area (Å²) in [6, 6.07) is 13.1. The molecular weight excluding hydrogens is 552 g/mol. The Bertz CT molecular complexity index is 1470. The second-order valence-corrected chi connectivity index (χ2v) is 13.2. The summed E-state index contributed by atoms with van der Waals surface area (Å²) in [5, 5.41) is 1.26. The van der Waals surface area contributed by atoms with Gasteiger partial charge in [0.2, 0.25) is 11.8 Å². The molecule has 2 aliphatic rings. The summed E-state index contributed by atoms with van der Waals surface area (Å²) in [4.78, 5) is 36.0. The Kier molecular flexibility index (Phi) is 9.88. The smallest absolute Gasteiger partial charge is 0.236 e. The zero-order valence-corrected chi connectivity index (χ0v) is 27.6. The molecule has 1 unspecified atom stereocenters. The van der Waals surface area contributed by atoms with Gasteiger partial charge >= 0.3 is 0 Å². The molecule has 2 amide bonds. The highest BCUT2D eigenvalue weighted by Crippen LogP contribution is 2.40. The average molecular weight is 603 g/mol. The number of hydrogen-bond donors (Lipinski definition) is 1. The number of benzene rings is 2. The largest absolute Gasteiger partial charge is 0.493 e. The highest BCUT2D eigenvalue weighted by Gasteiger charge is 2.31. The van der Waals surface area contributed by atoms with Gasteiger partial charge in [0.05, 0.1) is 32.4 Å². The van der Waals surface area contributed by atoms with E-state index in [9.17, 15) is 9.59 Å². The summed E-state index contributed by atoms with van der Waals surface area (Å²) in [6.45, 7) is 12.1. The number of likely N-dealkylation sites (tertiary alicyclic amines) is 2. The highest BCUT2D eigenvalue weighted by molar-refractivity contribution is 5.92. The number of ether oxygens (including phenoxy) is 2. The lowest BCUT2D eigenvalue weighted by Gasteiger charge is -2.37. The van der Waals surface area contributed by atoms with E-state index in [1.54, 1.807) is 14.2 Å². The number of carbonyl (C=O) groups is 2. The SMILES string of the molecule is COc1ccc(-c2[nH]c3ccc(C4CCN(C(=O)CN5CCCC(C(=O)N(C)C(C)C)C5)CC4)cc3c2C(C)C)cc1OC. The molecule has 8 nitrogen and oxygen atoms in total. The molecule has 2 aliphatic heterocycles. The first kappa shape index (κ1) is 31.9. The van der Waals surface area contributed by atoms with Gasteiger partial charge in [-0.05, 0) is 99.4 Å². The van der Waals surface area contributed by atoms with Crippen LogP contribution in [0.3, 0.4) is 0 Å². The summed E-state index contributed by atoms with van der Waals surface area (Å²) >= 11 is 0. The summed E-state index contributed by atoms with van der Waals surface area (Å²) in [6.07, 6.45) is 3.79. The molecule has 0 spiro atoms. The molecule has 2 fully saturated rings. The van der Waals surface area contributed by atoms with Crippen LogP contribution in [0.4, 0.5) is 0 Å². The van der Waals surface area contributed by atoms with Crippen molar-refractivity contribution in [3.63, 3.8) is 0 Å². The third-order valence-corrected chi connectivity index (χ3v) is 9.77. The maximum absolute atomic E-state index is 13.3. The number of piperidine rings is 2. The van der Waals surface area contributed by atoms with Gasteiger partial charge in [-0.3, -0.25) is 14.5 Å². The van der Waals surface area contributed by atoms with Crippen molar-refractivity contribution in [2.45, 2.75) is 71.3 Å². The van der Waals surface area contributed by atoms with E-state index in [-0.39, 0.29) is 23.8 Å². The standard InChI is InChI=1S/C36H50N4O4/c1-23(2)34-29-19-26(10-12-30(29)37-35(34)27-11-13-31(43-6)32(20-27)44-7)25-14-17-40(18-15-25)33(41)22-39-16-8-9-28(21-39)36(42)38(5)24(3)4/h10-13,19-20,23-25,28,37H,8-9,14-18,21-22H2,1-7H3. The fourth-order valence-electron chi connectivity index (χ4n) is 7.00. The third kappa shape index (κ3) is 6.60. The van der Waals surface area contributed by atoms with Gasteiger partial charge in [-0.25, -0.2) is 0 Å². The molecule has 0 saturated carbocycles. The number of fused-ring (bicyclic) bond motifs is 1. The Morgan fingerprint density at radius 1 is 0.955 bits per heavy atom. The van der Waals surface area contributed by atoms with Crippen molar-refractivity contribution in [2.75, 3.05) is 54.0 Å². The van der Waals surface area contributed by atoms with Crippen molar-refractivity contribution in [1.82, 2.24) is 19.7 Å². The van der Waals surface area contributed by atoms with Crippen LogP contribution >= 0.6 is 0 Å². The van der Waals surface area contributed by atoms with Crippen LogP contribution in [0.25, 0.3) is 22.2 Å². The maximum atomic E-state index is 13.3. The molecule has 3 heterocycles. The number of rotatable bonds is 9. The minimum Gasteiger partial charge on any atom is -0.493 e. The molecule has 2 aromatic carbocycles. The van der Waals surface area contributed by atoms with E-state index in [1.165, 1.54) is 16.5 Å². The Balaban J connectivity index is 1.25. The highest BCUT2D eigenvalue weighted by atomic mass is 16.5. The quantitative estimate of drug-likeness (QED) is 0.313. The zero-order valence-electron chi connectivity index (χ0n) is 27.6. The number of nitrogens with one attached hydrogen (secondary N) is 1. The topological polar surface area (TPSA) is 78.1 Å². The van der Waals surface area contributed by atoms with Crippen LogP contribution in [-0.4, -0.2) is 91.5 Å². The van der Waals surface area contributed by atoms with Crippen molar-refractivity contribution in [2.24, 2.45) is 5.92 Å². The third-order valence-electron chi connectivity index (χ3n) is 9.77.